The first-order chi connectivity index (χ1) is 3.72. The van der Waals surface area contributed by atoms with Crippen LogP contribution in [0.3, 0.4) is 0 Å². The van der Waals surface area contributed by atoms with Gasteiger partial charge in [0.05, 0.1) is 0 Å². The molecule has 0 atom stereocenters. The number of hydrogen-bond acceptors (Lipinski definition) is 0. The minimum Gasteiger partial charge on any atom is -0.269 e. The Balaban J connectivity index is 0.000000640. The molecule has 0 nitrogen and oxygen atoms in total. The summed E-state index contributed by atoms with van der Waals surface area (Å²) in [6.07, 6.45) is 4.31. The van der Waals surface area contributed by atoms with Gasteiger partial charge in [-0.2, -0.15) is 11.1 Å². The average Bonchev–Trinajstić information content (AvgIpc) is 1.98. The molecule has 1 aliphatic carbocycles. The zero-order valence-electron chi connectivity index (χ0n) is 6.02. The monoisotopic (exact) mass is 213 g/mol. The van der Waals surface area contributed by atoms with E-state index in [1.807, 2.05) is 0 Å². The second kappa shape index (κ2) is 3.35. The van der Waals surface area contributed by atoms with Crippen molar-refractivity contribution in [3.63, 3.8) is 0 Å². The molecule has 0 unspecified atom stereocenters. The molecule has 54 valence electrons. The molecule has 0 aromatic rings. The van der Waals surface area contributed by atoms with Gasteiger partial charge in [-0.3, -0.25) is 6.08 Å². The Morgan fingerprint density at radius 3 is 1.89 bits per heavy atom. The van der Waals surface area contributed by atoms with E-state index in [0.29, 0.717) is 0 Å². The molecular formula is C8H11Pd-. The van der Waals surface area contributed by atoms with E-state index in [2.05, 4.69) is 26.8 Å². The van der Waals surface area contributed by atoms with Crippen LogP contribution in [-0.4, -0.2) is 0 Å². The van der Waals surface area contributed by atoms with Gasteiger partial charge in [-0.1, -0.05) is 13.8 Å². The maximum Gasteiger partial charge on any atom is 0 e. The molecule has 9 heavy (non-hydrogen) atoms. The summed E-state index contributed by atoms with van der Waals surface area (Å²) in [5.41, 5.74) is 4.25. The van der Waals surface area contributed by atoms with E-state index in [9.17, 15) is 0 Å². The van der Waals surface area contributed by atoms with Gasteiger partial charge >= 0.3 is 0 Å². The van der Waals surface area contributed by atoms with Crippen LogP contribution in [0.5, 0.6) is 0 Å². The van der Waals surface area contributed by atoms with E-state index in [0.717, 1.165) is 6.42 Å². The van der Waals surface area contributed by atoms with Crippen LogP contribution in [0, 0.1) is 6.08 Å². The van der Waals surface area contributed by atoms with Gasteiger partial charge in [0.2, 0.25) is 0 Å². The molecule has 0 saturated carbocycles. The largest absolute Gasteiger partial charge is 0.269 e. The Morgan fingerprint density at radius 2 is 1.78 bits per heavy atom. The average molecular weight is 214 g/mol. The predicted octanol–water partition coefficient (Wildman–Crippen LogP) is 2.47. The van der Waals surface area contributed by atoms with Crippen LogP contribution in [0.4, 0.5) is 0 Å². The van der Waals surface area contributed by atoms with Crippen molar-refractivity contribution in [2.24, 2.45) is 0 Å². The molecule has 0 amide bonds. The second-order valence-electron chi connectivity index (χ2n) is 2.38. The molecule has 0 N–H and O–H groups in total. The molecule has 1 aliphatic rings. The van der Waals surface area contributed by atoms with Crippen LogP contribution >= 0.6 is 0 Å². The zero-order valence-corrected chi connectivity index (χ0v) is 7.58. The van der Waals surface area contributed by atoms with Crippen LogP contribution in [0.15, 0.2) is 16.7 Å². The molecule has 0 aromatic heterocycles. The maximum atomic E-state index is 3.26. The predicted molar refractivity (Wildman–Crippen MR) is 35.4 cm³/mol. The maximum absolute atomic E-state index is 3.26. The summed E-state index contributed by atoms with van der Waals surface area (Å²) in [7, 11) is 0. The fraction of sp³-hybridized carbons (Fsp3) is 0.500. The van der Waals surface area contributed by atoms with E-state index in [-0.39, 0.29) is 20.4 Å². The summed E-state index contributed by atoms with van der Waals surface area (Å²) in [5, 5.41) is 0. The van der Waals surface area contributed by atoms with Crippen molar-refractivity contribution in [3.05, 3.63) is 22.8 Å². The third kappa shape index (κ3) is 1.78. The molecule has 0 heterocycles. The Hall–Kier alpha value is 0.142. The Kier molecular flexibility index (Phi) is 3.40. The SMILES string of the molecule is CC1=[C-]CC(C)=C1C.[Pd]. The smallest absolute Gasteiger partial charge is 0 e. The van der Waals surface area contributed by atoms with Crippen molar-refractivity contribution < 1.29 is 20.4 Å². The van der Waals surface area contributed by atoms with Gasteiger partial charge in [0.1, 0.15) is 0 Å². The Labute approximate surface area is 70.7 Å². The van der Waals surface area contributed by atoms with Gasteiger partial charge in [0.25, 0.3) is 0 Å². The summed E-state index contributed by atoms with van der Waals surface area (Å²) in [4.78, 5) is 0. The number of allylic oxidation sites excluding steroid dienone is 4. The Morgan fingerprint density at radius 1 is 1.22 bits per heavy atom. The van der Waals surface area contributed by atoms with E-state index in [1.54, 1.807) is 0 Å². The normalized spacial score (nSPS) is 17.4. The van der Waals surface area contributed by atoms with E-state index >= 15 is 0 Å². The number of rotatable bonds is 0. The third-order valence-electron chi connectivity index (χ3n) is 1.82. The molecule has 0 aromatic carbocycles. The third-order valence-corrected chi connectivity index (χ3v) is 1.82. The standard InChI is InChI=1S/C8H11.Pd/c1-6-4-5-7(2)8(6)3;/h4H2,1-3H3;/q-1;. The van der Waals surface area contributed by atoms with Gasteiger partial charge in [0.15, 0.2) is 0 Å². The van der Waals surface area contributed by atoms with Gasteiger partial charge in [0, 0.05) is 20.4 Å². The summed E-state index contributed by atoms with van der Waals surface area (Å²) in [6.45, 7) is 6.44. The summed E-state index contributed by atoms with van der Waals surface area (Å²) < 4.78 is 0. The van der Waals surface area contributed by atoms with E-state index in [4.69, 9.17) is 0 Å². The van der Waals surface area contributed by atoms with Crippen LogP contribution in [0.25, 0.3) is 0 Å². The van der Waals surface area contributed by atoms with Crippen molar-refractivity contribution >= 4 is 0 Å². The van der Waals surface area contributed by atoms with E-state index in [1.165, 1.54) is 16.7 Å². The Bertz CT molecular complexity index is 158. The first-order valence-electron chi connectivity index (χ1n) is 2.96. The fourth-order valence-corrected chi connectivity index (χ4v) is 0.850. The van der Waals surface area contributed by atoms with Gasteiger partial charge < -0.3 is 0 Å². The molecule has 0 aliphatic heterocycles. The molecule has 0 spiro atoms. The molecule has 0 bridgehead atoms. The van der Waals surface area contributed by atoms with Gasteiger partial charge in [-0.15, -0.1) is 13.3 Å². The minimum atomic E-state index is 0. The second-order valence-corrected chi connectivity index (χ2v) is 2.38. The molecule has 0 saturated heterocycles. The molecular weight excluding hydrogens is 203 g/mol. The fourth-order valence-electron chi connectivity index (χ4n) is 0.850. The summed E-state index contributed by atoms with van der Waals surface area (Å²) in [6, 6.07) is 0. The first kappa shape index (κ1) is 9.14. The van der Waals surface area contributed by atoms with Gasteiger partial charge in [-0.25, -0.2) is 5.57 Å². The topological polar surface area (TPSA) is 0 Å². The molecule has 1 heteroatoms. The van der Waals surface area contributed by atoms with Gasteiger partial charge in [-0.05, 0) is 0 Å². The van der Waals surface area contributed by atoms with Crippen molar-refractivity contribution in [2.75, 3.05) is 0 Å². The quantitative estimate of drug-likeness (QED) is 0.428. The van der Waals surface area contributed by atoms with Crippen LogP contribution < -0.4 is 0 Å². The summed E-state index contributed by atoms with van der Waals surface area (Å²) >= 11 is 0. The summed E-state index contributed by atoms with van der Waals surface area (Å²) in [5.74, 6) is 0. The molecule has 1 rings (SSSR count). The minimum absolute atomic E-state index is 0. The van der Waals surface area contributed by atoms with Crippen molar-refractivity contribution in [3.8, 4) is 0 Å². The molecule has 0 fully saturated rings. The van der Waals surface area contributed by atoms with Crippen LogP contribution in [0.2, 0.25) is 0 Å². The first-order valence-corrected chi connectivity index (χ1v) is 2.96. The van der Waals surface area contributed by atoms with Crippen molar-refractivity contribution in [1.29, 1.82) is 0 Å². The number of hydrogen-bond donors (Lipinski definition) is 0. The zero-order chi connectivity index (χ0) is 6.15. The van der Waals surface area contributed by atoms with Crippen LogP contribution in [0.1, 0.15) is 27.2 Å². The molecule has 0 radical (unpaired) electrons. The van der Waals surface area contributed by atoms with Crippen molar-refractivity contribution in [1.82, 2.24) is 0 Å². The van der Waals surface area contributed by atoms with Crippen molar-refractivity contribution in [2.45, 2.75) is 27.2 Å². The van der Waals surface area contributed by atoms with Crippen LogP contribution in [-0.2, 0) is 20.4 Å². The van der Waals surface area contributed by atoms with E-state index < -0.39 is 0 Å².